The Labute approximate surface area is 163 Å². The fourth-order valence-electron chi connectivity index (χ4n) is 2.52. The number of rotatable bonds is 8. The minimum absolute atomic E-state index is 0.0241. The number of hydrogen-bond donors (Lipinski definition) is 3. The molecule has 1 saturated heterocycles. The molecule has 1 aliphatic rings. The van der Waals surface area contributed by atoms with E-state index >= 15 is 0 Å². The van der Waals surface area contributed by atoms with Crippen molar-refractivity contribution in [3.05, 3.63) is 28.7 Å². The minimum Gasteiger partial charge on any atom is -0.379 e. The molecule has 144 valence electrons. The van der Waals surface area contributed by atoms with Gasteiger partial charge in [0.2, 0.25) is 5.91 Å². The summed E-state index contributed by atoms with van der Waals surface area (Å²) in [7, 11) is 0. The van der Waals surface area contributed by atoms with E-state index in [9.17, 15) is 4.79 Å². The summed E-state index contributed by atoms with van der Waals surface area (Å²) >= 11 is 3.38. The first kappa shape index (κ1) is 20.7. The van der Waals surface area contributed by atoms with Gasteiger partial charge in [0.1, 0.15) is 0 Å². The monoisotopic (exact) mass is 425 g/mol. The van der Waals surface area contributed by atoms with Crippen LogP contribution in [0.1, 0.15) is 13.3 Å². The number of benzene rings is 1. The molecule has 26 heavy (non-hydrogen) atoms. The number of halogens is 1. The molecule has 8 heteroatoms. The van der Waals surface area contributed by atoms with E-state index in [1.807, 2.05) is 31.2 Å². The molecule has 0 bridgehead atoms. The Morgan fingerprint density at radius 2 is 1.96 bits per heavy atom. The van der Waals surface area contributed by atoms with Crippen molar-refractivity contribution < 1.29 is 9.53 Å². The average molecular weight is 426 g/mol. The van der Waals surface area contributed by atoms with Crippen LogP contribution in [0.3, 0.4) is 0 Å². The summed E-state index contributed by atoms with van der Waals surface area (Å²) in [6, 6.07) is 7.54. The lowest BCUT2D eigenvalue weighted by atomic mass is 10.3. The molecule has 1 heterocycles. The smallest absolute Gasteiger partial charge is 0.226 e. The lowest BCUT2D eigenvalue weighted by Crippen LogP contribution is -2.40. The van der Waals surface area contributed by atoms with Crippen LogP contribution in [0.15, 0.2) is 33.7 Å². The average Bonchev–Trinajstić information content (AvgIpc) is 2.64. The van der Waals surface area contributed by atoms with Gasteiger partial charge in [-0.3, -0.25) is 14.7 Å². The summed E-state index contributed by atoms with van der Waals surface area (Å²) in [5.74, 6) is 0.723. The number of anilines is 1. The van der Waals surface area contributed by atoms with E-state index in [0.29, 0.717) is 13.0 Å². The van der Waals surface area contributed by atoms with Gasteiger partial charge in [-0.15, -0.1) is 0 Å². The molecule has 7 nitrogen and oxygen atoms in total. The maximum atomic E-state index is 12.0. The second-order valence-corrected chi connectivity index (χ2v) is 6.86. The summed E-state index contributed by atoms with van der Waals surface area (Å²) in [6.07, 6.45) is 0.379. The maximum Gasteiger partial charge on any atom is 0.226 e. The van der Waals surface area contributed by atoms with Crippen LogP contribution in [-0.2, 0) is 9.53 Å². The lowest BCUT2D eigenvalue weighted by molar-refractivity contribution is -0.116. The quantitative estimate of drug-likeness (QED) is 0.436. The number of guanidine groups is 1. The molecule has 0 aliphatic carbocycles. The van der Waals surface area contributed by atoms with Crippen LogP contribution in [0.2, 0.25) is 0 Å². The maximum absolute atomic E-state index is 12.0. The number of carbonyl (C=O) groups is 1. The standard InChI is InChI=1S/C18H28BrN5O2/c1-2-20-18(22-9-10-24-11-13-26-14-12-24)21-8-7-17(25)23-16-5-3-15(19)4-6-16/h3-6H,2,7-14H2,1H3,(H,23,25)(H2,20,21,22). The van der Waals surface area contributed by atoms with Crippen LogP contribution >= 0.6 is 15.9 Å². The predicted octanol–water partition coefficient (Wildman–Crippen LogP) is 1.67. The first-order chi connectivity index (χ1) is 12.7. The topological polar surface area (TPSA) is 78.0 Å². The summed E-state index contributed by atoms with van der Waals surface area (Å²) < 4.78 is 6.33. The highest BCUT2D eigenvalue weighted by molar-refractivity contribution is 9.10. The van der Waals surface area contributed by atoms with Crippen LogP contribution in [0.5, 0.6) is 0 Å². The predicted molar refractivity (Wildman–Crippen MR) is 109 cm³/mol. The van der Waals surface area contributed by atoms with E-state index in [4.69, 9.17) is 4.74 Å². The molecular formula is C18H28BrN5O2. The van der Waals surface area contributed by atoms with Crippen molar-refractivity contribution in [1.29, 1.82) is 0 Å². The number of nitrogens with zero attached hydrogens (tertiary/aromatic N) is 2. The van der Waals surface area contributed by atoms with Gasteiger partial charge in [-0.25, -0.2) is 0 Å². The third-order valence-electron chi connectivity index (χ3n) is 3.91. The van der Waals surface area contributed by atoms with Gasteiger partial charge in [-0.2, -0.15) is 0 Å². The Morgan fingerprint density at radius 3 is 2.65 bits per heavy atom. The van der Waals surface area contributed by atoms with Crippen LogP contribution in [0, 0.1) is 0 Å². The zero-order valence-electron chi connectivity index (χ0n) is 15.3. The molecule has 0 atom stereocenters. The highest BCUT2D eigenvalue weighted by Crippen LogP contribution is 2.14. The molecule has 0 aromatic heterocycles. The fourth-order valence-corrected chi connectivity index (χ4v) is 2.79. The molecule has 0 spiro atoms. The molecule has 1 aliphatic heterocycles. The summed E-state index contributed by atoms with van der Waals surface area (Å²) in [4.78, 5) is 18.9. The van der Waals surface area contributed by atoms with Crippen molar-refractivity contribution in [2.24, 2.45) is 4.99 Å². The van der Waals surface area contributed by atoms with Crippen molar-refractivity contribution in [3.63, 3.8) is 0 Å². The third-order valence-corrected chi connectivity index (χ3v) is 4.44. The van der Waals surface area contributed by atoms with Gasteiger partial charge in [-0.1, -0.05) is 15.9 Å². The van der Waals surface area contributed by atoms with Gasteiger partial charge >= 0.3 is 0 Å². The highest BCUT2D eigenvalue weighted by Gasteiger charge is 2.09. The second-order valence-electron chi connectivity index (χ2n) is 5.95. The van der Waals surface area contributed by atoms with Crippen molar-refractivity contribution in [2.45, 2.75) is 13.3 Å². The Morgan fingerprint density at radius 1 is 1.23 bits per heavy atom. The molecular weight excluding hydrogens is 398 g/mol. The van der Waals surface area contributed by atoms with Crippen molar-refractivity contribution in [3.8, 4) is 0 Å². The SMILES string of the molecule is CCNC(=NCCN1CCOCC1)NCCC(=O)Nc1ccc(Br)cc1. The highest BCUT2D eigenvalue weighted by atomic mass is 79.9. The Balaban J connectivity index is 1.68. The second kappa shape index (κ2) is 11.9. The normalized spacial score (nSPS) is 15.5. The largest absolute Gasteiger partial charge is 0.379 e. The fraction of sp³-hybridized carbons (Fsp3) is 0.556. The first-order valence-electron chi connectivity index (χ1n) is 9.05. The zero-order valence-corrected chi connectivity index (χ0v) is 16.8. The van der Waals surface area contributed by atoms with Crippen molar-refractivity contribution in [2.75, 3.05) is 57.8 Å². The number of carbonyl (C=O) groups excluding carboxylic acids is 1. The van der Waals surface area contributed by atoms with E-state index < -0.39 is 0 Å². The molecule has 1 aromatic rings. The minimum atomic E-state index is -0.0241. The summed E-state index contributed by atoms with van der Waals surface area (Å²) in [6.45, 7) is 8.53. The van der Waals surface area contributed by atoms with E-state index in [-0.39, 0.29) is 5.91 Å². The van der Waals surface area contributed by atoms with Gasteiger partial charge in [0.05, 0.1) is 19.8 Å². The first-order valence-corrected chi connectivity index (χ1v) is 9.84. The number of morpholine rings is 1. The Kier molecular flexibility index (Phi) is 9.44. The molecule has 1 aromatic carbocycles. The van der Waals surface area contributed by atoms with Crippen molar-refractivity contribution in [1.82, 2.24) is 15.5 Å². The summed E-state index contributed by atoms with van der Waals surface area (Å²) in [5.41, 5.74) is 0.796. The molecule has 1 fully saturated rings. The molecule has 2 rings (SSSR count). The van der Waals surface area contributed by atoms with Gasteiger partial charge in [0.15, 0.2) is 5.96 Å². The molecule has 0 unspecified atom stereocenters. The van der Waals surface area contributed by atoms with Crippen LogP contribution in [0.4, 0.5) is 5.69 Å². The third kappa shape index (κ3) is 8.16. The molecule has 1 amide bonds. The Hall–Kier alpha value is -1.64. The van der Waals surface area contributed by atoms with E-state index in [1.165, 1.54) is 0 Å². The summed E-state index contributed by atoms with van der Waals surface area (Å²) in [5, 5.41) is 9.30. The number of amides is 1. The number of hydrogen-bond acceptors (Lipinski definition) is 4. The molecule has 0 radical (unpaired) electrons. The van der Waals surface area contributed by atoms with Crippen LogP contribution in [0.25, 0.3) is 0 Å². The zero-order chi connectivity index (χ0) is 18.6. The van der Waals surface area contributed by atoms with Crippen LogP contribution < -0.4 is 16.0 Å². The Bertz CT molecular complexity index is 573. The lowest BCUT2D eigenvalue weighted by Gasteiger charge is -2.25. The molecule has 3 N–H and O–H groups in total. The number of aliphatic imine (C=N–C) groups is 1. The van der Waals surface area contributed by atoms with E-state index in [2.05, 4.69) is 41.8 Å². The van der Waals surface area contributed by atoms with Gasteiger partial charge in [0.25, 0.3) is 0 Å². The molecule has 0 saturated carbocycles. The van der Waals surface area contributed by atoms with Crippen LogP contribution in [-0.4, -0.2) is 69.2 Å². The van der Waals surface area contributed by atoms with Crippen molar-refractivity contribution >= 4 is 33.5 Å². The number of ether oxygens (including phenoxy) is 1. The number of nitrogens with one attached hydrogen (secondary N) is 3. The van der Waals surface area contributed by atoms with E-state index in [0.717, 1.165) is 62.1 Å². The van der Waals surface area contributed by atoms with Gasteiger partial charge in [0, 0.05) is 49.3 Å². The van der Waals surface area contributed by atoms with Gasteiger partial charge < -0.3 is 20.7 Å². The van der Waals surface area contributed by atoms with Gasteiger partial charge in [-0.05, 0) is 31.2 Å². The van der Waals surface area contributed by atoms with E-state index in [1.54, 1.807) is 0 Å².